The molecule has 1 saturated carbocycles. The highest BCUT2D eigenvalue weighted by atomic mass is 32.2. The van der Waals surface area contributed by atoms with Gasteiger partial charge in [-0.25, -0.2) is 0 Å². The predicted molar refractivity (Wildman–Crippen MR) is 77.5 cm³/mol. The lowest BCUT2D eigenvalue weighted by atomic mass is 9.97. The molecule has 3 N–H and O–H groups in total. The molecule has 1 aliphatic rings. The molecule has 0 aromatic carbocycles. The number of thioether (sulfide) groups is 1. The molecule has 1 fully saturated rings. The van der Waals surface area contributed by atoms with Gasteiger partial charge in [0.25, 0.3) is 0 Å². The maximum Gasteiger partial charge on any atom is 0.237 e. The second-order valence-corrected chi connectivity index (χ2v) is 6.36. The average Bonchev–Trinajstić information content (AvgIpc) is 3.05. The maximum absolute atomic E-state index is 11.6. The molecule has 2 atom stereocenters. The van der Waals surface area contributed by atoms with Gasteiger partial charge in [-0.1, -0.05) is 17.8 Å². The summed E-state index contributed by atoms with van der Waals surface area (Å²) in [5.41, 5.74) is 5.79. The smallest absolute Gasteiger partial charge is 0.237 e. The Bertz CT molecular complexity index is 642. The van der Waals surface area contributed by atoms with Crippen LogP contribution in [0.4, 0.5) is 0 Å². The van der Waals surface area contributed by atoms with Crippen LogP contribution >= 0.6 is 11.8 Å². The normalized spacial score (nSPS) is 26.1. The number of fused-ring (bicyclic) bond motifs is 1. The third-order valence-electron chi connectivity index (χ3n) is 3.97. The number of hydrogen-bond donors (Lipinski definition) is 2. The first-order chi connectivity index (χ1) is 9.64. The average molecular weight is 291 g/mol. The molecule has 0 radical (unpaired) electrons. The van der Waals surface area contributed by atoms with Gasteiger partial charge < -0.3 is 11.1 Å². The molecule has 3 rings (SSSR count). The maximum atomic E-state index is 11.6. The summed E-state index contributed by atoms with van der Waals surface area (Å²) in [6.07, 6.45) is 4.39. The summed E-state index contributed by atoms with van der Waals surface area (Å²) in [6, 6.07) is 5.82. The van der Waals surface area contributed by atoms with E-state index < -0.39 is 5.54 Å². The van der Waals surface area contributed by atoms with E-state index in [0.717, 1.165) is 30.1 Å². The van der Waals surface area contributed by atoms with Gasteiger partial charge in [0.2, 0.25) is 5.91 Å². The fraction of sp³-hybridized carbons (Fsp3) is 0.462. The SMILES string of the molecule is CNC1(C(N)=O)CCC(Sc2nnc3ccccn23)C1. The number of primary amides is 1. The molecule has 2 unspecified atom stereocenters. The second kappa shape index (κ2) is 5.06. The molecule has 1 amide bonds. The van der Waals surface area contributed by atoms with Crippen molar-refractivity contribution in [3.8, 4) is 0 Å². The van der Waals surface area contributed by atoms with Crippen LogP contribution in [0.5, 0.6) is 0 Å². The zero-order chi connectivity index (χ0) is 14.2. The van der Waals surface area contributed by atoms with Gasteiger partial charge in [-0.05, 0) is 38.4 Å². The predicted octanol–water partition coefficient (Wildman–Crippen LogP) is 0.817. The van der Waals surface area contributed by atoms with Crippen LogP contribution in [0.15, 0.2) is 29.6 Å². The third kappa shape index (κ3) is 2.16. The number of aromatic nitrogens is 3. The summed E-state index contributed by atoms with van der Waals surface area (Å²) >= 11 is 1.66. The van der Waals surface area contributed by atoms with Crippen molar-refractivity contribution in [2.45, 2.75) is 35.2 Å². The molecule has 7 heteroatoms. The van der Waals surface area contributed by atoms with E-state index in [9.17, 15) is 4.79 Å². The van der Waals surface area contributed by atoms with E-state index in [1.807, 2.05) is 28.8 Å². The van der Waals surface area contributed by atoms with Crippen LogP contribution in [0.2, 0.25) is 0 Å². The van der Waals surface area contributed by atoms with E-state index in [2.05, 4.69) is 15.5 Å². The number of amides is 1. The van der Waals surface area contributed by atoms with Crippen LogP contribution in [-0.4, -0.2) is 38.3 Å². The third-order valence-corrected chi connectivity index (χ3v) is 5.20. The lowest BCUT2D eigenvalue weighted by Gasteiger charge is -2.24. The van der Waals surface area contributed by atoms with Gasteiger partial charge in [0, 0.05) is 11.4 Å². The molecular weight excluding hydrogens is 274 g/mol. The van der Waals surface area contributed by atoms with Crippen molar-refractivity contribution in [1.82, 2.24) is 19.9 Å². The van der Waals surface area contributed by atoms with Crippen LogP contribution in [0.3, 0.4) is 0 Å². The van der Waals surface area contributed by atoms with Gasteiger partial charge in [-0.2, -0.15) is 0 Å². The Balaban J connectivity index is 1.78. The van der Waals surface area contributed by atoms with Gasteiger partial charge >= 0.3 is 0 Å². The molecule has 20 heavy (non-hydrogen) atoms. The molecule has 2 aromatic heterocycles. The Labute approximate surface area is 121 Å². The van der Waals surface area contributed by atoms with Crippen molar-refractivity contribution in [1.29, 1.82) is 0 Å². The summed E-state index contributed by atoms with van der Waals surface area (Å²) in [6.45, 7) is 0. The summed E-state index contributed by atoms with van der Waals surface area (Å²) in [5, 5.41) is 12.6. The number of pyridine rings is 1. The zero-order valence-electron chi connectivity index (χ0n) is 11.2. The van der Waals surface area contributed by atoms with Gasteiger partial charge in [-0.15, -0.1) is 10.2 Å². The minimum absolute atomic E-state index is 0.269. The summed E-state index contributed by atoms with van der Waals surface area (Å²) < 4.78 is 1.97. The van der Waals surface area contributed by atoms with Crippen molar-refractivity contribution in [2.24, 2.45) is 5.73 Å². The Morgan fingerprint density at radius 2 is 2.40 bits per heavy atom. The first-order valence-corrected chi connectivity index (χ1v) is 7.48. The fourth-order valence-electron chi connectivity index (χ4n) is 2.72. The monoisotopic (exact) mass is 291 g/mol. The van der Waals surface area contributed by atoms with Crippen molar-refractivity contribution in [3.63, 3.8) is 0 Å². The number of likely N-dealkylation sites (N-methyl/N-ethyl adjacent to an activating group) is 1. The first-order valence-electron chi connectivity index (χ1n) is 6.60. The number of carbonyl (C=O) groups is 1. The van der Waals surface area contributed by atoms with Crippen LogP contribution < -0.4 is 11.1 Å². The molecule has 0 bridgehead atoms. The highest BCUT2D eigenvalue weighted by molar-refractivity contribution is 7.99. The molecule has 1 aliphatic carbocycles. The lowest BCUT2D eigenvalue weighted by molar-refractivity contribution is -0.124. The zero-order valence-corrected chi connectivity index (χ0v) is 12.1. The summed E-state index contributed by atoms with van der Waals surface area (Å²) in [4.78, 5) is 11.6. The first kappa shape index (κ1) is 13.4. The summed E-state index contributed by atoms with van der Waals surface area (Å²) in [7, 11) is 1.80. The number of nitrogens with zero attached hydrogens (tertiary/aromatic N) is 3. The molecule has 0 saturated heterocycles. The minimum Gasteiger partial charge on any atom is -0.368 e. The molecule has 2 aromatic rings. The number of hydrogen-bond acceptors (Lipinski definition) is 5. The van der Waals surface area contributed by atoms with E-state index in [-0.39, 0.29) is 5.91 Å². The van der Waals surface area contributed by atoms with Crippen molar-refractivity contribution in [2.75, 3.05) is 7.05 Å². The molecular formula is C13H17N5OS. The molecule has 2 heterocycles. The van der Waals surface area contributed by atoms with Crippen LogP contribution in [0.1, 0.15) is 19.3 Å². The van der Waals surface area contributed by atoms with Gasteiger partial charge in [0.05, 0.1) is 5.54 Å². The highest BCUT2D eigenvalue weighted by Crippen LogP contribution is 2.39. The molecule has 0 spiro atoms. The Morgan fingerprint density at radius 3 is 3.10 bits per heavy atom. The van der Waals surface area contributed by atoms with Crippen LogP contribution in [0, 0.1) is 0 Å². The highest BCUT2D eigenvalue weighted by Gasteiger charge is 2.43. The topological polar surface area (TPSA) is 85.3 Å². The van der Waals surface area contributed by atoms with E-state index in [1.165, 1.54) is 0 Å². The number of rotatable bonds is 4. The van der Waals surface area contributed by atoms with Crippen molar-refractivity contribution in [3.05, 3.63) is 24.4 Å². The summed E-state index contributed by atoms with van der Waals surface area (Å²) in [5.74, 6) is -0.269. The van der Waals surface area contributed by atoms with E-state index in [0.29, 0.717) is 5.25 Å². The quantitative estimate of drug-likeness (QED) is 0.871. The number of carbonyl (C=O) groups excluding carboxylic acids is 1. The largest absolute Gasteiger partial charge is 0.368 e. The Hall–Kier alpha value is -1.60. The second-order valence-electron chi connectivity index (χ2n) is 5.09. The van der Waals surface area contributed by atoms with E-state index in [4.69, 9.17) is 5.73 Å². The minimum atomic E-state index is -0.571. The molecule has 6 nitrogen and oxygen atoms in total. The van der Waals surface area contributed by atoms with Crippen molar-refractivity contribution >= 4 is 23.3 Å². The van der Waals surface area contributed by atoms with Crippen molar-refractivity contribution < 1.29 is 4.79 Å². The van der Waals surface area contributed by atoms with Gasteiger partial charge in [-0.3, -0.25) is 9.20 Å². The number of nitrogens with one attached hydrogen (secondary N) is 1. The Kier molecular flexibility index (Phi) is 3.39. The standard InChI is InChI=1S/C13H17N5OS/c1-15-13(11(14)19)6-5-9(8-13)20-12-17-16-10-4-2-3-7-18(10)12/h2-4,7,9,15H,5-6,8H2,1H3,(H2,14,19). The lowest BCUT2D eigenvalue weighted by Crippen LogP contribution is -2.52. The number of nitrogens with two attached hydrogens (primary N) is 1. The molecule has 106 valence electrons. The van der Waals surface area contributed by atoms with E-state index in [1.54, 1.807) is 18.8 Å². The Morgan fingerprint density at radius 1 is 1.55 bits per heavy atom. The fourth-order valence-corrected chi connectivity index (χ4v) is 3.98. The van der Waals surface area contributed by atoms with E-state index >= 15 is 0 Å². The molecule has 0 aliphatic heterocycles. The van der Waals surface area contributed by atoms with Crippen LogP contribution in [-0.2, 0) is 4.79 Å². The van der Waals surface area contributed by atoms with Gasteiger partial charge in [0.15, 0.2) is 10.8 Å². The van der Waals surface area contributed by atoms with Gasteiger partial charge in [0.1, 0.15) is 0 Å². The van der Waals surface area contributed by atoms with Crippen LogP contribution in [0.25, 0.3) is 5.65 Å².